The molecule has 1 aliphatic rings. The van der Waals surface area contributed by atoms with Crippen molar-refractivity contribution < 1.29 is 13.2 Å². The number of hydrogen-bond donors (Lipinski definition) is 0. The fourth-order valence-corrected chi connectivity index (χ4v) is 3.98. The van der Waals surface area contributed by atoms with Gasteiger partial charge in [0.25, 0.3) is 0 Å². The molecule has 1 atom stereocenters. The molecule has 4 nitrogen and oxygen atoms in total. The fourth-order valence-electron chi connectivity index (χ4n) is 2.38. The summed E-state index contributed by atoms with van der Waals surface area (Å²) < 4.78 is 32.4. The summed E-state index contributed by atoms with van der Waals surface area (Å²) in [7, 11) is -3.45. The molecule has 2 aromatic rings. The molecule has 0 spiro atoms. The lowest BCUT2D eigenvalue weighted by Crippen LogP contribution is -2.35. The molecule has 0 aliphatic carbocycles. The third kappa shape index (κ3) is 3.67. The summed E-state index contributed by atoms with van der Waals surface area (Å²) in [6.45, 7) is 2.96. The average Bonchev–Trinajstić information content (AvgIpc) is 3.29. The van der Waals surface area contributed by atoms with Gasteiger partial charge in [0.1, 0.15) is 0 Å². The molecule has 1 fully saturated rings. The predicted octanol–water partition coefficient (Wildman–Crippen LogP) is 2.73. The van der Waals surface area contributed by atoms with Crippen LogP contribution in [0, 0.1) is 6.92 Å². The molecular weight excluding hydrogens is 298 g/mol. The number of sulfonamides is 1. The van der Waals surface area contributed by atoms with Crippen molar-refractivity contribution in [3.63, 3.8) is 0 Å². The van der Waals surface area contributed by atoms with E-state index >= 15 is 0 Å². The lowest BCUT2D eigenvalue weighted by Gasteiger charge is -2.24. The number of benzene rings is 2. The van der Waals surface area contributed by atoms with E-state index < -0.39 is 10.0 Å². The molecule has 2 aromatic carbocycles. The Labute approximate surface area is 131 Å². The second-order valence-corrected chi connectivity index (χ2v) is 7.46. The van der Waals surface area contributed by atoms with E-state index in [4.69, 9.17) is 4.74 Å². The summed E-state index contributed by atoms with van der Waals surface area (Å²) in [4.78, 5) is 0. The monoisotopic (exact) mass is 317 g/mol. The highest BCUT2D eigenvalue weighted by Crippen LogP contribution is 2.25. The highest BCUT2D eigenvalue weighted by molar-refractivity contribution is 7.92. The van der Waals surface area contributed by atoms with Crippen LogP contribution in [0.1, 0.15) is 11.1 Å². The summed E-state index contributed by atoms with van der Waals surface area (Å²) in [6.07, 6.45) is 0.00561. The van der Waals surface area contributed by atoms with Crippen LogP contribution >= 0.6 is 0 Å². The van der Waals surface area contributed by atoms with Gasteiger partial charge in [-0.1, -0.05) is 42.5 Å². The van der Waals surface area contributed by atoms with Crippen molar-refractivity contribution in [2.75, 3.05) is 17.5 Å². The standard InChI is InChI=1S/C17H19NO3S/c1-14-6-5-9-16(10-14)18(11-17-12-21-17)22(19,20)13-15-7-3-2-4-8-15/h2-10,17H,11-13H2,1H3. The second kappa shape index (κ2) is 6.10. The lowest BCUT2D eigenvalue weighted by molar-refractivity contribution is 0.412. The van der Waals surface area contributed by atoms with Gasteiger partial charge < -0.3 is 4.74 Å². The van der Waals surface area contributed by atoms with E-state index in [-0.39, 0.29) is 11.9 Å². The summed E-state index contributed by atoms with van der Waals surface area (Å²) in [6, 6.07) is 16.8. The van der Waals surface area contributed by atoms with Gasteiger partial charge in [0.15, 0.2) is 0 Å². The number of ether oxygens (including phenoxy) is 1. The number of nitrogens with zero attached hydrogens (tertiary/aromatic N) is 1. The molecule has 0 aromatic heterocycles. The Bertz CT molecular complexity index is 740. The van der Waals surface area contributed by atoms with Crippen molar-refractivity contribution in [1.82, 2.24) is 0 Å². The van der Waals surface area contributed by atoms with Crippen LogP contribution in [0.5, 0.6) is 0 Å². The van der Waals surface area contributed by atoms with Crippen molar-refractivity contribution in [3.05, 3.63) is 65.7 Å². The molecule has 0 saturated carbocycles. The van der Waals surface area contributed by atoms with Crippen molar-refractivity contribution >= 4 is 15.7 Å². The second-order valence-electron chi connectivity index (χ2n) is 5.57. The molecule has 3 rings (SSSR count). The van der Waals surface area contributed by atoms with Crippen LogP contribution in [-0.4, -0.2) is 27.7 Å². The van der Waals surface area contributed by atoms with E-state index in [0.29, 0.717) is 18.8 Å². The van der Waals surface area contributed by atoms with Crippen LogP contribution < -0.4 is 4.31 Å². The van der Waals surface area contributed by atoms with Gasteiger partial charge in [0.2, 0.25) is 10.0 Å². The molecule has 116 valence electrons. The zero-order chi connectivity index (χ0) is 15.6. The molecule has 1 heterocycles. The highest BCUT2D eigenvalue weighted by Gasteiger charge is 2.32. The molecule has 22 heavy (non-hydrogen) atoms. The maximum atomic E-state index is 12.8. The first kappa shape index (κ1) is 15.1. The Balaban J connectivity index is 1.90. The summed E-state index contributed by atoms with van der Waals surface area (Å²) in [5.41, 5.74) is 2.53. The van der Waals surface area contributed by atoms with Crippen LogP contribution in [0.3, 0.4) is 0 Å². The average molecular weight is 317 g/mol. The van der Waals surface area contributed by atoms with Crippen molar-refractivity contribution in [3.8, 4) is 0 Å². The van der Waals surface area contributed by atoms with Crippen LogP contribution in [-0.2, 0) is 20.5 Å². The van der Waals surface area contributed by atoms with Crippen LogP contribution in [0.4, 0.5) is 5.69 Å². The van der Waals surface area contributed by atoms with Gasteiger partial charge in [-0.2, -0.15) is 0 Å². The summed E-state index contributed by atoms with van der Waals surface area (Å²) >= 11 is 0. The Morgan fingerprint density at radius 3 is 2.50 bits per heavy atom. The Morgan fingerprint density at radius 2 is 1.86 bits per heavy atom. The van der Waals surface area contributed by atoms with Gasteiger partial charge in [-0.3, -0.25) is 4.31 Å². The van der Waals surface area contributed by atoms with Crippen LogP contribution in [0.2, 0.25) is 0 Å². The van der Waals surface area contributed by atoms with Crippen molar-refractivity contribution in [2.24, 2.45) is 0 Å². The number of hydrogen-bond acceptors (Lipinski definition) is 3. The van der Waals surface area contributed by atoms with E-state index in [1.165, 1.54) is 4.31 Å². The Morgan fingerprint density at radius 1 is 1.14 bits per heavy atom. The van der Waals surface area contributed by atoms with Gasteiger partial charge >= 0.3 is 0 Å². The maximum Gasteiger partial charge on any atom is 0.239 e. The zero-order valence-electron chi connectivity index (χ0n) is 12.5. The van der Waals surface area contributed by atoms with Gasteiger partial charge in [-0.25, -0.2) is 8.42 Å². The zero-order valence-corrected chi connectivity index (χ0v) is 13.3. The molecule has 0 bridgehead atoms. The van der Waals surface area contributed by atoms with Crippen LogP contribution in [0.15, 0.2) is 54.6 Å². The SMILES string of the molecule is Cc1cccc(N(CC2CO2)S(=O)(=O)Cc2ccccc2)c1. The molecular formula is C17H19NO3S. The lowest BCUT2D eigenvalue weighted by atomic mass is 10.2. The smallest absolute Gasteiger partial charge is 0.239 e. The van der Waals surface area contributed by atoms with Gasteiger partial charge in [0.05, 0.1) is 30.7 Å². The van der Waals surface area contributed by atoms with Gasteiger partial charge in [-0.05, 0) is 30.2 Å². The van der Waals surface area contributed by atoms with E-state index in [0.717, 1.165) is 11.1 Å². The van der Waals surface area contributed by atoms with E-state index in [1.807, 2.05) is 61.5 Å². The minimum absolute atomic E-state index is 0.00545. The highest BCUT2D eigenvalue weighted by atomic mass is 32.2. The number of aryl methyl sites for hydroxylation is 1. The first-order chi connectivity index (χ1) is 10.5. The van der Waals surface area contributed by atoms with E-state index in [9.17, 15) is 8.42 Å². The van der Waals surface area contributed by atoms with Crippen molar-refractivity contribution in [1.29, 1.82) is 0 Å². The molecule has 1 unspecified atom stereocenters. The molecule has 1 saturated heterocycles. The maximum absolute atomic E-state index is 12.8. The third-order valence-electron chi connectivity index (χ3n) is 3.59. The molecule has 0 N–H and O–H groups in total. The van der Waals surface area contributed by atoms with Gasteiger partial charge in [0, 0.05) is 0 Å². The Hall–Kier alpha value is -1.85. The third-order valence-corrected chi connectivity index (χ3v) is 5.32. The van der Waals surface area contributed by atoms with E-state index in [2.05, 4.69) is 0 Å². The summed E-state index contributed by atoms with van der Waals surface area (Å²) in [5.74, 6) is -0.00545. The first-order valence-electron chi connectivity index (χ1n) is 7.27. The molecule has 0 radical (unpaired) electrons. The minimum atomic E-state index is -3.45. The fraction of sp³-hybridized carbons (Fsp3) is 0.294. The summed E-state index contributed by atoms with van der Waals surface area (Å²) in [5, 5.41) is 0. The number of anilines is 1. The molecule has 1 aliphatic heterocycles. The van der Waals surface area contributed by atoms with Crippen LogP contribution in [0.25, 0.3) is 0 Å². The van der Waals surface area contributed by atoms with E-state index in [1.54, 1.807) is 0 Å². The first-order valence-corrected chi connectivity index (χ1v) is 8.88. The Kier molecular flexibility index (Phi) is 4.18. The molecule has 0 amide bonds. The predicted molar refractivity (Wildman–Crippen MR) is 87.3 cm³/mol. The van der Waals surface area contributed by atoms with Crippen molar-refractivity contribution in [2.45, 2.75) is 18.8 Å². The molecule has 5 heteroatoms. The number of rotatable bonds is 6. The largest absolute Gasteiger partial charge is 0.371 e. The normalized spacial score (nSPS) is 17.2. The number of epoxide rings is 1. The quantitative estimate of drug-likeness (QED) is 0.770. The van der Waals surface area contributed by atoms with Gasteiger partial charge in [-0.15, -0.1) is 0 Å². The minimum Gasteiger partial charge on any atom is -0.371 e. The topological polar surface area (TPSA) is 49.9 Å².